The first-order valence-electron chi connectivity index (χ1n) is 10.3. The van der Waals surface area contributed by atoms with Gasteiger partial charge in [0.1, 0.15) is 0 Å². The van der Waals surface area contributed by atoms with E-state index in [-0.39, 0.29) is 11.4 Å². The van der Waals surface area contributed by atoms with Crippen LogP contribution in [0.1, 0.15) is 66.1 Å². The molecule has 0 amide bonds. The summed E-state index contributed by atoms with van der Waals surface area (Å²) >= 11 is 4.27. The maximum Gasteiger partial charge on any atom is 0.342 e. The van der Waals surface area contributed by atoms with Crippen molar-refractivity contribution in [1.82, 2.24) is 0 Å². The second kappa shape index (κ2) is 9.01. The number of thioether (sulfide) groups is 2. The molecule has 0 N–H and O–H groups in total. The molecule has 0 radical (unpaired) electrons. The molecule has 1 atom stereocenters. The molecule has 0 aromatic heterocycles. The highest BCUT2D eigenvalue weighted by molar-refractivity contribution is 8.17. The second-order valence-electron chi connectivity index (χ2n) is 8.41. The molecule has 0 bridgehead atoms. The van der Waals surface area contributed by atoms with Crippen LogP contribution in [0.15, 0.2) is 54.8 Å². The summed E-state index contributed by atoms with van der Waals surface area (Å²) in [5.41, 5.74) is 4.86. The van der Waals surface area contributed by atoms with Gasteiger partial charge in [-0.15, -0.1) is 23.5 Å². The average molecular weight is 425 g/mol. The van der Waals surface area contributed by atoms with Crippen molar-refractivity contribution >= 4 is 35.6 Å². The van der Waals surface area contributed by atoms with Crippen LogP contribution < -0.4 is 0 Å². The highest BCUT2D eigenvalue weighted by atomic mass is 32.2. The van der Waals surface area contributed by atoms with Crippen LogP contribution >= 0.6 is 23.5 Å². The number of carbonyl (C=O) groups excluding carboxylic acids is 1. The van der Waals surface area contributed by atoms with E-state index in [0.29, 0.717) is 16.1 Å². The van der Waals surface area contributed by atoms with Crippen LogP contribution in [-0.2, 0) is 10.2 Å². The van der Waals surface area contributed by atoms with E-state index in [9.17, 15) is 4.79 Å². The Morgan fingerprint density at radius 3 is 2.62 bits per heavy atom. The first kappa shape index (κ1) is 20.6. The topological polar surface area (TPSA) is 26.3 Å². The maximum absolute atomic E-state index is 12.1. The van der Waals surface area contributed by atoms with E-state index in [2.05, 4.69) is 55.6 Å². The third kappa shape index (κ3) is 4.75. The molecular weight excluding hydrogens is 396 g/mol. The van der Waals surface area contributed by atoms with Gasteiger partial charge in [-0.1, -0.05) is 50.2 Å². The molecular formula is C25H28O2S2. The molecule has 1 aliphatic heterocycles. The lowest BCUT2D eigenvalue weighted by atomic mass is 9.69. The lowest BCUT2D eigenvalue weighted by Gasteiger charge is -2.41. The molecule has 2 nitrogen and oxygen atoms in total. The summed E-state index contributed by atoms with van der Waals surface area (Å²) in [6.07, 6.45) is 7.24. The van der Waals surface area contributed by atoms with E-state index in [1.807, 2.05) is 24.3 Å². The van der Waals surface area contributed by atoms with Crippen molar-refractivity contribution in [2.24, 2.45) is 0 Å². The molecule has 0 spiro atoms. The smallest absolute Gasteiger partial charge is 0.342 e. The first-order chi connectivity index (χ1) is 14.0. The van der Waals surface area contributed by atoms with Crippen molar-refractivity contribution < 1.29 is 9.53 Å². The van der Waals surface area contributed by atoms with Gasteiger partial charge < -0.3 is 4.74 Å². The predicted octanol–water partition coefficient (Wildman–Crippen LogP) is 6.87. The first-order valence-corrected chi connectivity index (χ1v) is 12.4. The molecule has 1 saturated heterocycles. The van der Waals surface area contributed by atoms with Gasteiger partial charge in [-0.2, -0.15) is 0 Å². The minimum absolute atomic E-state index is 0.220. The third-order valence-electron chi connectivity index (χ3n) is 5.91. The van der Waals surface area contributed by atoms with E-state index >= 15 is 0 Å². The monoisotopic (exact) mass is 424 g/mol. The Bertz CT molecular complexity index is 883. The van der Waals surface area contributed by atoms with Gasteiger partial charge >= 0.3 is 5.97 Å². The van der Waals surface area contributed by atoms with Crippen LogP contribution in [0.2, 0.25) is 0 Å². The van der Waals surface area contributed by atoms with Crippen LogP contribution in [0, 0.1) is 0 Å². The van der Waals surface area contributed by atoms with Crippen LogP contribution in [0.4, 0.5) is 0 Å². The SMILES string of the molecule is CC1(C)CCC(C2SCCCS2)c2cc(/C=C/OC(=O)c3ccccc3)ccc21. The number of rotatable bonds is 4. The fraction of sp³-hybridized carbons (Fsp3) is 0.400. The van der Waals surface area contributed by atoms with Crippen LogP contribution in [0.3, 0.4) is 0 Å². The number of carbonyl (C=O) groups is 1. The summed E-state index contributed by atoms with van der Waals surface area (Å²) in [4.78, 5) is 12.1. The van der Waals surface area contributed by atoms with Gasteiger partial charge in [0.2, 0.25) is 0 Å². The fourth-order valence-electron chi connectivity index (χ4n) is 4.25. The zero-order chi connectivity index (χ0) is 20.3. The summed E-state index contributed by atoms with van der Waals surface area (Å²) in [6, 6.07) is 15.9. The zero-order valence-corrected chi connectivity index (χ0v) is 18.7. The minimum Gasteiger partial charge on any atom is -0.431 e. The Labute approximate surface area is 182 Å². The Kier molecular flexibility index (Phi) is 6.41. The van der Waals surface area contributed by atoms with E-state index in [1.165, 1.54) is 48.2 Å². The van der Waals surface area contributed by atoms with Gasteiger partial charge in [-0.3, -0.25) is 0 Å². The highest BCUT2D eigenvalue weighted by Crippen LogP contribution is 2.50. The lowest BCUT2D eigenvalue weighted by Crippen LogP contribution is -2.30. The van der Waals surface area contributed by atoms with Gasteiger partial charge in [0.25, 0.3) is 0 Å². The summed E-state index contributed by atoms with van der Waals surface area (Å²) in [7, 11) is 0. The molecule has 152 valence electrons. The van der Waals surface area contributed by atoms with Crippen LogP contribution in [-0.4, -0.2) is 22.1 Å². The van der Waals surface area contributed by atoms with Crippen molar-refractivity contribution in [3.05, 3.63) is 77.0 Å². The van der Waals surface area contributed by atoms with E-state index in [4.69, 9.17) is 4.74 Å². The second-order valence-corrected chi connectivity index (χ2v) is 11.2. The number of hydrogen-bond donors (Lipinski definition) is 0. The molecule has 1 heterocycles. The molecule has 4 rings (SSSR count). The molecule has 29 heavy (non-hydrogen) atoms. The van der Waals surface area contributed by atoms with Crippen molar-refractivity contribution in [3.63, 3.8) is 0 Å². The largest absolute Gasteiger partial charge is 0.431 e. The molecule has 0 saturated carbocycles. The summed E-state index contributed by atoms with van der Waals surface area (Å²) in [5, 5.41) is 0. The number of ether oxygens (including phenoxy) is 1. The molecule has 2 aliphatic rings. The van der Waals surface area contributed by atoms with Crippen molar-refractivity contribution in [2.75, 3.05) is 11.5 Å². The zero-order valence-electron chi connectivity index (χ0n) is 17.1. The van der Waals surface area contributed by atoms with Crippen molar-refractivity contribution in [1.29, 1.82) is 0 Å². The minimum atomic E-state index is -0.325. The molecule has 1 aliphatic carbocycles. The van der Waals surface area contributed by atoms with Crippen LogP contribution in [0.25, 0.3) is 6.08 Å². The molecule has 4 heteroatoms. The lowest BCUT2D eigenvalue weighted by molar-refractivity contribution is 0.0665. The van der Waals surface area contributed by atoms with Gasteiger partial charge in [-0.05, 0) is 71.1 Å². The summed E-state index contributed by atoms with van der Waals surface area (Å²) < 4.78 is 5.99. The van der Waals surface area contributed by atoms with E-state index in [0.717, 1.165) is 5.56 Å². The Balaban J connectivity index is 1.54. The normalized spacial score (nSPS) is 21.7. The maximum atomic E-state index is 12.1. The highest BCUT2D eigenvalue weighted by Gasteiger charge is 2.37. The molecule has 1 unspecified atom stereocenters. The van der Waals surface area contributed by atoms with Crippen molar-refractivity contribution in [2.45, 2.75) is 49.0 Å². The van der Waals surface area contributed by atoms with Crippen molar-refractivity contribution in [3.8, 4) is 0 Å². The number of hydrogen-bond acceptors (Lipinski definition) is 4. The quantitative estimate of drug-likeness (QED) is 0.395. The Morgan fingerprint density at radius 1 is 1.10 bits per heavy atom. The number of benzene rings is 2. The molecule has 2 aromatic carbocycles. The van der Waals surface area contributed by atoms with Gasteiger partial charge in [0.05, 0.1) is 16.4 Å². The summed E-state index contributed by atoms with van der Waals surface area (Å²) in [5.74, 6) is 2.84. The van der Waals surface area contributed by atoms with E-state index in [1.54, 1.807) is 12.1 Å². The van der Waals surface area contributed by atoms with E-state index < -0.39 is 0 Å². The molecule has 1 fully saturated rings. The van der Waals surface area contributed by atoms with Gasteiger partial charge in [0.15, 0.2) is 0 Å². The Hall–Kier alpha value is -1.65. The average Bonchev–Trinajstić information content (AvgIpc) is 2.75. The van der Waals surface area contributed by atoms with Crippen LogP contribution in [0.5, 0.6) is 0 Å². The standard InChI is InChI=1S/C25H28O2S2/c1-25(2)13-11-20(24-28-15-6-16-29-24)21-17-18(9-10-22(21)25)12-14-27-23(26)19-7-4-3-5-8-19/h3-5,7-10,12,14,17,20,24H,6,11,13,15-16H2,1-2H3/b14-12+. The summed E-state index contributed by atoms with van der Waals surface area (Å²) in [6.45, 7) is 4.72. The van der Waals surface area contributed by atoms with Gasteiger partial charge in [-0.25, -0.2) is 4.79 Å². The third-order valence-corrected chi connectivity index (χ3v) is 9.09. The number of fused-ring (bicyclic) bond motifs is 1. The number of esters is 1. The molecule has 2 aromatic rings. The fourth-order valence-corrected chi connectivity index (χ4v) is 7.51. The van der Waals surface area contributed by atoms with Gasteiger partial charge in [0, 0.05) is 5.92 Å². The predicted molar refractivity (Wildman–Crippen MR) is 126 cm³/mol. The Morgan fingerprint density at radius 2 is 1.86 bits per heavy atom.